The maximum absolute atomic E-state index is 12.6. The van der Waals surface area contributed by atoms with E-state index in [1.165, 1.54) is 7.11 Å². The molecule has 1 atom stereocenters. The van der Waals surface area contributed by atoms with Gasteiger partial charge >= 0.3 is 6.61 Å². The summed E-state index contributed by atoms with van der Waals surface area (Å²) in [6.07, 6.45) is 1.75. The monoisotopic (exact) mass is 426 g/mol. The lowest BCUT2D eigenvalue weighted by Gasteiger charge is -2.32. The van der Waals surface area contributed by atoms with E-state index in [4.69, 9.17) is 14.5 Å². The third-order valence-corrected chi connectivity index (χ3v) is 5.47. The van der Waals surface area contributed by atoms with Gasteiger partial charge in [-0.25, -0.2) is 0 Å². The molecule has 2 fully saturated rings. The van der Waals surface area contributed by atoms with Crippen LogP contribution in [0.2, 0.25) is 0 Å². The summed E-state index contributed by atoms with van der Waals surface area (Å²) in [5.74, 6) is 1.25. The predicted octanol–water partition coefficient (Wildman–Crippen LogP) is 2.21. The van der Waals surface area contributed by atoms with E-state index in [-0.39, 0.29) is 5.75 Å². The summed E-state index contributed by atoms with van der Waals surface area (Å²) in [6.45, 7) is 6.06. The van der Waals surface area contributed by atoms with E-state index in [0.717, 1.165) is 63.9 Å². The Morgan fingerprint density at radius 2 is 2.07 bits per heavy atom. The van der Waals surface area contributed by atoms with Gasteiger partial charge in [0.1, 0.15) is 0 Å². The minimum atomic E-state index is -2.89. The Labute approximate surface area is 177 Å². The van der Waals surface area contributed by atoms with Gasteiger partial charge in [-0.2, -0.15) is 8.78 Å². The Hall–Kier alpha value is -2.13. The van der Waals surface area contributed by atoms with E-state index >= 15 is 0 Å². The van der Waals surface area contributed by atoms with Crippen molar-refractivity contribution in [3.8, 4) is 11.5 Å². The Balaban J connectivity index is 1.58. The maximum Gasteiger partial charge on any atom is 0.387 e. The summed E-state index contributed by atoms with van der Waals surface area (Å²) in [4.78, 5) is 9.59. The largest absolute Gasteiger partial charge is 0.493 e. The zero-order valence-electron chi connectivity index (χ0n) is 17.8. The molecule has 2 aliphatic heterocycles. The van der Waals surface area contributed by atoms with Gasteiger partial charge in [-0.1, -0.05) is 6.07 Å². The third kappa shape index (κ3) is 6.18. The second kappa shape index (κ2) is 11.3. The number of guanidine groups is 1. The van der Waals surface area contributed by atoms with Crippen molar-refractivity contribution in [2.24, 2.45) is 4.99 Å². The van der Waals surface area contributed by atoms with Gasteiger partial charge in [-0.15, -0.1) is 0 Å². The summed E-state index contributed by atoms with van der Waals surface area (Å²) >= 11 is 0. The number of hydrogen-bond donors (Lipinski definition) is 1. The average Bonchev–Trinajstić information content (AvgIpc) is 3.24. The lowest BCUT2D eigenvalue weighted by Crippen LogP contribution is -2.46. The van der Waals surface area contributed by atoms with Crippen molar-refractivity contribution < 1.29 is 23.0 Å². The highest BCUT2D eigenvalue weighted by Gasteiger charge is 2.30. The fourth-order valence-corrected chi connectivity index (χ4v) is 3.96. The maximum atomic E-state index is 12.6. The number of methoxy groups -OCH3 is 1. The molecule has 2 heterocycles. The minimum absolute atomic E-state index is 0.0498. The zero-order valence-corrected chi connectivity index (χ0v) is 17.8. The van der Waals surface area contributed by atoms with Crippen LogP contribution in [0.25, 0.3) is 0 Å². The van der Waals surface area contributed by atoms with Gasteiger partial charge in [0, 0.05) is 45.3 Å². The molecular weight excluding hydrogens is 394 g/mol. The minimum Gasteiger partial charge on any atom is -0.493 e. The van der Waals surface area contributed by atoms with Crippen molar-refractivity contribution in [1.82, 2.24) is 15.1 Å². The van der Waals surface area contributed by atoms with E-state index in [1.807, 2.05) is 6.07 Å². The van der Waals surface area contributed by atoms with Gasteiger partial charge in [-0.3, -0.25) is 9.89 Å². The number of halogens is 2. The number of nitrogens with zero attached hydrogens (tertiary/aromatic N) is 3. The van der Waals surface area contributed by atoms with Crippen LogP contribution in [0.3, 0.4) is 0 Å². The first-order chi connectivity index (χ1) is 14.6. The number of aliphatic imine (C=N–C) groups is 1. The number of likely N-dealkylation sites (tertiary alicyclic amines) is 1. The number of nitrogens with one attached hydrogen (secondary N) is 1. The fraction of sp³-hybridized carbons (Fsp3) is 0.667. The summed E-state index contributed by atoms with van der Waals surface area (Å²) in [5, 5.41) is 3.38. The molecule has 168 valence electrons. The first-order valence-corrected chi connectivity index (χ1v) is 10.6. The van der Waals surface area contributed by atoms with Crippen LogP contribution in [0.4, 0.5) is 8.78 Å². The van der Waals surface area contributed by atoms with Crippen LogP contribution in [0.15, 0.2) is 23.2 Å². The van der Waals surface area contributed by atoms with Gasteiger partial charge < -0.3 is 24.4 Å². The normalized spacial score (nSPS) is 20.6. The lowest BCUT2D eigenvalue weighted by atomic mass is 10.1. The lowest BCUT2D eigenvalue weighted by molar-refractivity contribution is -0.0512. The van der Waals surface area contributed by atoms with Crippen molar-refractivity contribution in [1.29, 1.82) is 0 Å². The molecule has 7 nitrogen and oxygen atoms in total. The van der Waals surface area contributed by atoms with Crippen molar-refractivity contribution >= 4 is 5.96 Å². The van der Waals surface area contributed by atoms with Crippen molar-refractivity contribution in [2.45, 2.75) is 32.4 Å². The molecule has 2 saturated heterocycles. The Morgan fingerprint density at radius 1 is 1.27 bits per heavy atom. The molecule has 1 unspecified atom stereocenters. The Bertz CT molecular complexity index is 699. The Morgan fingerprint density at radius 3 is 2.77 bits per heavy atom. The van der Waals surface area contributed by atoms with Crippen LogP contribution >= 0.6 is 0 Å². The van der Waals surface area contributed by atoms with Gasteiger partial charge in [0.15, 0.2) is 17.5 Å². The van der Waals surface area contributed by atoms with E-state index < -0.39 is 6.61 Å². The first-order valence-electron chi connectivity index (χ1n) is 10.6. The van der Waals surface area contributed by atoms with Gasteiger partial charge in [0.05, 0.1) is 20.3 Å². The molecular formula is C21H32F2N4O3. The van der Waals surface area contributed by atoms with E-state index in [9.17, 15) is 8.78 Å². The van der Waals surface area contributed by atoms with Crippen LogP contribution in [0.1, 0.15) is 18.9 Å². The van der Waals surface area contributed by atoms with Crippen molar-refractivity contribution in [2.75, 3.05) is 59.6 Å². The molecule has 0 saturated carbocycles. The molecule has 0 amide bonds. The highest BCUT2D eigenvalue weighted by Crippen LogP contribution is 2.29. The number of alkyl halides is 2. The molecule has 0 spiro atoms. The van der Waals surface area contributed by atoms with Crippen LogP contribution < -0.4 is 14.8 Å². The Kier molecular flexibility index (Phi) is 8.50. The zero-order chi connectivity index (χ0) is 21.3. The van der Waals surface area contributed by atoms with Crippen LogP contribution in [0.5, 0.6) is 11.5 Å². The van der Waals surface area contributed by atoms with E-state index in [1.54, 1.807) is 12.1 Å². The molecule has 1 N–H and O–H groups in total. The van der Waals surface area contributed by atoms with Crippen molar-refractivity contribution in [3.63, 3.8) is 0 Å². The molecule has 0 radical (unpaired) electrons. The summed E-state index contributed by atoms with van der Waals surface area (Å²) < 4.78 is 40.4. The number of rotatable bonds is 8. The fourth-order valence-electron chi connectivity index (χ4n) is 3.96. The van der Waals surface area contributed by atoms with Crippen LogP contribution in [-0.2, 0) is 11.2 Å². The van der Waals surface area contributed by atoms with E-state index in [0.29, 0.717) is 24.8 Å². The molecule has 1 aromatic carbocycles. The standard InChI is InChI=1S/C21H32F2N4O3/c1-3-24-21(27-9-7-17(15-27)26-10-12-29-13-11-26)25-8-6-16-4-5-18(28-2)19(14-16)30-20(22)23/h4-5,14,17,20H,3,6-13,15H2,1-2H3,(H,24,25). The summed E-state index contributed by atoms with van der Waals surface area (Å²) in [7, 11) is 1.43. The average molecular weight is 427 g/mol. The molecule has 0 bridgehead atoms. The summed E-state index contributed by atoms with van der Waals surface area (Å²) in [5.41, 5.74) is 0.874. The molecule has 30 heavy (non-hydrogen) atoms. The van der Waals surface area contributed by atoms with Gasteiger partial charge in [0.25, 0.3) is 0 Å². The molecule has 0 aliphatic carbocycles. The highest BCUT2D eigenvalue weighted by molar-refractivity contribution is 5.80. The molecule has 9 heteroatoms. The quantitative estimate of drug-likeness (QED) is 0.508. The topological polar surface area (TPSA) is 58.6 Å². The summed E-state index contributed by atoms with van der Waals surface area (Å²) in [6, 6.07) is 5.63. The van der Waals surface area contributed by atoms with Crippen molar-refractivity contribution in [3.05, 3.63) is 23.8 Å². The number of benzene rings is 1. The third-order valence-electron chi connectivity index (χ3n) is 5.47. The number of morpholine rings is 1. The van der Waals surface area contributed by atoms with Gasteiger partial charge in [-0.05, 0) is 37.5 Å². The highest BCUT2D eigenvalue weighted by atomic mass is 19.3. The second-order valence-electron chi connectivity index (χ2n) is 7.39. The smallest absolute Gasteiger partial charge is 0.387 e. The van der Waals surface area contributed by atoms with E-state index in [2.05, 4.69) is 26.8 Å². The molecule has 0 aromatic heterocycles. The predicted molar refractivity (Wildman–Crippen MR) is 112 cm³/mol. The van der Waals surface area contributed by atoms with Crippen LogP contribution in [-0.4, -0.2) is 88.0 Å². The molecule has 1 aromatic rings. The SMILES string of the molecule is CCNC(=NCCc1ccc(OC)c(OC(F)F)c1)N1CCC(N2CCOCC2)C1. The number of hydrogen-bond acceptors (Lipinski definition) is 5. The van der Waals surface area contributed by atoms with Crippen LogP contribution in [0, 0.1) is 0 Å². The molecule has 3 rings (SSSR count). The van der Waals surface area contributed by atoms with Gasteiger partial charge in [0.2, 0.25) is 0 Å². The second-order valence-corrected chi connectivity index (χ2v) is 7.39. The molecule has 2 aliphatic rings. The number of ether oxygens (including phenoxy) is 3. The first kappa shape index (κ1) is 22.6.